The molecule has 144 valence electrons. The second-order valence-corrected chi connectivity index (χ2v) is 8.52. The number of hydrogen-bond acceptors (Lipinski definition) is 4. The van der Waals surface area contributed by atoms with E-state index in [0.717, 1.165) is 56.5 Å². The minimum atomic E-state index is -0.121. The zero-order valence-electron chi connectivity index (χ0n) is 15.4. The number of anilines is 1. The van der Waals surface area contributed by atoms with Gasteiger partial charge in [0.25, 0.3) is 5.91 Å². The Morgan fingerprint density at radius 3 is 2.59 bits per heavy atom. The van der Waals surface area contributed by atoms with Gasteiger partial charge in [-0.25, -0.2) is 0 Å². The van der Waals surface area contributed by atoms with Crippen LogP contribution in [0.3, 0.4) is 0 Å². The van der Waals surface area contributed by atoms with Gasteiger partial charge >= 0.3 is 0 Å². The first kappa shape index (κ1) is 18.3. The molecule has 2 aliphatic heterocycles. The number of rotatable bonds is 4. The minimum absolute atomic E-state index is 0.00804. The first-order chi connectivity index (χ1) is 13.1. The lowest BCUT2D eigenvalue weighted by atomic mass is 10.1. The van der Waals surface area contributed by atoms with E-state index >= 15 is 0 Å². The molecule has 1 N–H and O–H groups in total. The molecule has 2 fully saturated rings. The number of carbonyl (C=O) groups is 3. The smallest absolute Gasteiger partial charge is 0.253 e. The van der Waals surface area contributed by atoms with Crippen LogP contribution in [0.5, 0.6) is 0 Å². The van der Waals surface area contributed by atoms with Gasteiger partial charge in [-0.05, 0) is 43.9 Å². The molecule has 4 rings (SSSR count). The molecule has 0 radical (unpaired) electrons. The molecule has 0 spiro atoms. The molecule has 0 unspecified atom stereocenters. The molecule has 3 amide bonds. The maximum absolute atomic E-state index is 12.7. The van der Waals surface area contributed by atoms with E-state index in [-0.39, 0.29) is 30.3 Å². The van der Waals surface area contributed by atoms with Gasteiger partial charge in [-0.1, -0.05) is 12.8 Å². The van der Waals surface area contributed by atoms with Crippen LogP contribution in [0.25, 0.3) is 0 Å². The molecule has 0 bridgehead atoms. The van der Waals surface area contributed by atoms with Crippen molar-refractivity contribution in [2.45, 2.75) is 49.5 Å². The van der Waals surface area contributed by atoms with Crippen LogP contribution in [0.2, 0.25) is 0 Å². The van der Waals surface area contributed by atoms with E-state index in [9.17, 15) is 14.4 Å². The standard InChI is InChI=1S/C20H25N3O3S/c24-18(21-15-5-1-2-6-15)12-23-16-11-14(20(26)22-9-3-4-10-22)7-8-17(16)27-13-19(23)25/h7-8,11,15H,1-6,9-10,12-13H2,(H,21,24). The van der Waals surface area contributed by atoms with Crippen molar-refractivity contribution in [1.82, 2.24) is 10.2 Å². The number of likely N-dealkylation sites (tertiary alicyclic amines) is 1. The van der Waals surface area contributed by atoms with Crippen molar-refractivity contribution < 1.29 is 14.4 Å². The van der Waals surface area contributed by atoms with Crippen LogP contribution >= 0.6 is 11.8 Å². The molecule has 6 nitrogen and oxygen atoms in total. The van der Waals surface area contributed by atoms with Crippen LogP contribution < -0.4 is 10.2 Å². The third-order valence-electron chi connectivity index (χ3n) is 5.56. The van der Waals surface area contributed by atoms with Crippen molar-refractivity contribution >= 4 is 35.2 Å². The number of benzene rings is 1. The first-order valence-corrected chi connectivity index (χ1v) is 10.8. The van der Waals surface area contributed by atoms with Crippen molar-refractivity contribution in [2.75, 3.05) is 30.3 Å². The summed E-state index contributed by atoms with van der Waals surface area (Å²) in [6.45, 7) is 1.60. The molecule has 1 saturated heterocycles. The molecule has 7 heteroatoms. The summed E-state index contributed by atoms with van der Waals surface area (Å²) < 4.78 is 0. The summed E-state index contributed by atoms with van der Waals surface area (Å²) in [4.78, 5) is 42.0. The average Bonchev–Trinajstić information content (AvgIpc) is 3.37. The van der Waals surface area contributed by atoms with E-state index in [1.54, 1.807) is 6.07 Å². The van der Waals surface area contributed by atoms with Gasteiger partial charge in [0.15, 0.2) is 0 Å². The maximum atomic E-state index is 12.7. The van der Waals surface area contributed by atoms with Crippen molar-refractivity contribution in [3.8, 4) is 0 Å². The number of fused-ring (bicyclic) bond motifs is 1. The SMILES string of the molecule is O=C(CN1C(=O)CSc2ccc(C(=O)N3CCCC3)cc21)NC1CCCC1. The molecule has 2 heterocycles. The second-order valence-electron chi connectivity index (χ2n) is 7.50. The number of nitrogens with zero attached hydrogens (tertiary/aromatic N) is 2. The van der Waals surface area contributed by atoms with Crippen LogP contribution in [0.4, 0.5) is 5.69 Å². The Bertz CT molecular complexity index is 755. The Kier molecular flexibility index (Phi) is 5.38. The lowest BCUT2D eigenvalue weighted by Crippen LogP contribution is -2.45. The first-order valence-electron chi connectivity index (χ1n) is 9.77. The lowest BCUT2D eigenvalue weighted by Gasteiger charge is -2.29. The van der Waals surface area contributed by atoms with Crippen LogP contribution in [0.15, 0.2) is 23.1 Å². The fourth-order valence-electron chi connectivity index (χ4n) is 4.10. The molecule has 1 saturated carbocycles. The van der Waals surface area contributed by atoms with Crippen LogP contribution in [-0.4, -0.2) is 54.1 Å². The number of amides is 3. The van der Waals surface area contributed by atoms with E-state index in [0.29, 0.717) is 17.0 Å². The highest BCUT2D eigenvalue weighted by Crippen LogP contribution is 2.36. The monoisotopic (exact) mass is 387 g/mol. The van der Waals surface area contributed by atoms with Crippen molar-refractivity contribution in [1.29, 1.82) is 0 Å². The Balaban J connectivity index is 1.52. The van der Waals surface area contributed by atoms with Gasteiger partial charge in [0, 0.05) is 29.6 Å². The molecule has 1 aromatic rings. The van der Waals surface area contributed by atoms with Crippen LogP contribution in [0, 0.1) is 0 Å². The summed E-state index contributed by atoms with van der Waals surface area (Å²) >= 11 is 1.47. The number of carbonyl (C=O) groups excluding carboxylic acids is 3. The molecule has 3 aliphatic rings. The summed E-state index contributed by atoms with van der Waals surface area (Å²) in [5.41, 5.74) is 1.27. The summed E-state index contributed by atoms with van der Waals surface area (Å²) in [7, 11) is 0. The van der Waals surface area contributed by atoms with E-state index in [4.69, 9.17) is 0 Å². The lowest BCUT2D eigenvalue weighted by molar-refractivity contribution is -0.123. The van der Waals surface area contributed by atoms with Crippen LogP contribution in [-0.2, 0) is 9.59 Å². The summed E-state index contributed by atoms with van der Waals surface area (Å²) in [5, 5.41) is 3.04. The zero-order valence-corrected chi connectivity index (χ0v) is 16.2. The topological polar surface area (TPSA) is 69.7 Å². The normalized spacial score (nSPS) is 20.1. The van der Waals surface area contributed by atoms with Gasteiger partial charge in [-0.2, -0.15) is 0 Å². The quantitative estimate of drug-likeness (QED) is 0.861. The molecule has 27 heavy (non-hydrogen) atoms. The number of hydrogen-bond donors (Lipinski definition) is 1. The highest BCUT2D eigenvalue weighted by molar-refractivity contribution is 8.00. The summed E-state index contributed by atoms with van der Waals surface area (Å²) in [6, 6.07) is 5.74. The maximum Gasteiger partial charge on any atom is 0.253 e. The minimum Gasteiger partial charge on any atom is -0.352 e. The molecular formula is C20H25N3O3S. The van der Waals surface area contributed by atoms with E-state index in [1.807, 2.05) is 17.0 Å². The van der Waals surface area contributed by atoms with Gasteiger partial charge in [-0.15, -0.1) is 11.8 Å². The number of thioether (sulfide) groups is 1. The van der Waals surface area contributed by atoms with E-state index in [1.165, 1.54) is 16.7 Å². The third-order valence-corrected chi connectivity index (χ3v) is 6.61. The Hall–Kier alpha value is -2.02. The van der Waals surface area contributed by atoms with Crippen LogP contribution in [0.1, 0.15) is 48.9 Å². The number of nitrogens with one attached hydrogen (secondary N) is 1. The molecule has 1 aromatic carbocycles. The summed E-state index contributed by atoms with van der Waals surface area (Å²) in [6.07, 6.45) is 6.41. The largest absolute Gasteiger partial charge is 0.352 e. The molecule has 0 aromatic heterocycles. The fourth-order valence-corrected chi connectivity index (χ4v) is 5.01. The van der Waals surface area contributed by atoms with Gasteiger partial charge in [0.05, 0.1) is 11.4 Å². The Morgan fingerprint density at radius 1 is 1.11 bits per heavy atom. The summed E-state index contributed by atoms with van der Waals surface area (Å²) in [5.74, 6) is 0.126. The predicted octanol–water partition coefficient (Wildman–Crippen LogP) is 2.42. The van der Waals surface area contributed by atoms with Crippen molar-refractivity contribution in [2.24, 2.45) is 0 Å². The highest BCUT2D eigenvalue weighted by Gasteiger charge is 2.29. The Morgan fingerprint density at radius 2 is 1.85 bits per heavy atom. The fraction of sp³-hybridized carbons (Fsp3) is 0.550. The average molecular weight is 388 g/mol. The van der Waals surface area contributed by atoms with E-state index < -0.39 is 0 Å². The second kappa shape index (κ2) is 7.92. The Labute approximate surface area is 163 Å². The highest BCUT2D eigenvalue weighted by atomic mass is 32.2. The van der Waals surface area contributed by atoms with E-state index in [2.05, 4.69) is 5.32 Å². The van der Waals surface area contributed by atoms with Gasteiger partial charge in [-0.3, -0.25) is 14.4 Å². The molecule has 0 atom stereocenters. The third kappa shape index (κ3) is 3.98. The predicted molar refractivity (Wildman–Crippen MR) is 105 cm³/mol. The van der Waals surface area contributed by atoms with Gasteiger partial charge < -0.3 is 15.1 Å². The van der Waals surface area contributed by atoms with Crippen molar-refractivity contribution in [3.05, 3.63) is 23.8 Å². The molecule has 1 aliphatic carbocycles. The van der Waals surface area contributed by atoms with Gasteiger partial charge in [0.1, 0.15) is 6.54 Å². The zero-order chi connectivity index (χ0) is 18.8. The van der Waals surface area contributed by atoms with Crippen molar-refractivity contribution in [3.63, 3.8) is 0 Å². The van der Waals surface area contributed by atoms with Gasteiger partial charge in [0.2, 0.25) is 11.8 Å². The molecular weight excluding hydrogens is 362 g/mol.